The van der Waals surface area contributed by atoms with Crippen LogP contribution in [0.1, 0.15) is 11.1 Å². The standard InChI is InChI=1S/C21H21N3O2S/c1-26-17-7-6-15-11-23(9-8-14(15)10-17)20(25)16-12-24(13-16)21-22-18-4-2-3-5-19(18)27-21/h2-7,10,16H,8-9,11-13H2,1H3. The summed E-state index contributed by atoms with van der Waals surface area (Å²) in [5.41, 5.74) is 3.57. The summed E-state index contributed by atoms with van der Waals surface area (Å²) in [6.45, 7) is 3.03. The largest absolute Gasteiger partial charge is 0.497 e. The highest BCUT2D eigenvalue weighted by molar-refractivity contribution is 7.22. The predicted octanol–water partition coefficient (Wildman–Crippen LogP) is 3.33. The van der Waals surface area contributed by atoms with Crippen molar-refractivity contribution in [3.63, 3.8) is 0 Å². The zero-order valence-electron chi connectivity index (χ0n) is 15.2. The lowest BCUT2D eigenvalue weighted by atomic mass is 9.95. The van der Waals surface area contributed by atoms with E-state index in [9.17, 15) is 4.79 Å². The summed E-state index contributed by atoms with van der Waals surface area (Å²) in [7, 11) is 1.69. The number of ether oxygens (including phenoxy) is 1. The van der Waals surface area contributed by atoms with Crippen LogP contribution >= 0.6 is 11.3 Å². The number of anilines is 1. The number of nitrogens with zero attached hydrogens (tertiary/aromatic N) is 3. The van der Waals surface area contributed by atoms with Crippen LogP contribution in [0.5, 0.6) is 5.75 Å². The normalized spacial score (nSPS) is 16.9. The first-order valence-corrected chi connectivity index (χ1v) is 10.1. The maximum atomic E-state index is 12.9. The molecule has 0 radical (unpaired) electrons. The molecular weight excluding hydrogens is 358 g/mol. The van der Waals surface area contributed by atoms with Gasteiger partial charge in [0.2, 0.25) is 5.91 Å². The number of hydrogen-bond donors (Lipinski definition) is 0. The number of hydrogen-bond acceptors (Lipinski definition) is 5. The Morgan fingerprint density at radius 3 is 2.85 bits per heavy atom. The van der Waals surface area contributed by atoms with Crippen LogP contribution in [0.15, 0.2) is 42.5 Å². The predicted molar refractivity (Wildman–Crippen MR) is 107 cm³/mol. The van der Waals surface area contributed by atoms with E-state index in [2.05, 4.69) is 23.1 Å². The van der Waals surface area contributed by atoms with E-state index in [1.807, 2.05) is 29.2 Å². The molecule has 3 heterocycles. The lowest BCUT2D eigenvalue weighted by molar-refractivity contribution is -0.137. The summed E-state index contributed by atoms with van der Waals surface area (Å²) >= 11 is 1.70. The molecule has 5 nitrogen and oxygen atoms in total. The van der Waals surface area contributed by atoms with Crippen LogP contribution in [0.3, 0.4) is 0 Å². The van der Waals surface area contributed by atoms with E-state index in [0.717, 1.165) is 42.5 Å². The van der Waals surface area contributed by atoms with E-state index in [0.29, 0.717) is 6.54 Å². The molecule has 5 rings (SSSR count). The van der Waals surface area contributed by atoms with Crippen LogP contribution in [-0.2, 0) is 17.8 Å². The average molecular weight is 379 g/mol. The summed E-state index contributed by atoms with van der Waals surface area (Å²) in [6.07, 6.45) is 0.895. The highest BCUT2D eigenvalue weighted by atomic mass is 32.1. The Labute approximate surface area is 162 Å². The van der Waals surface area contributed by atoms with Gasteiger partial charge in [-0.3, -0.25) is 4.79 Å². The van der Waals surface area contributed by atoms with Gasteiger partial charge in [0.15, 0.2) is 5.13 Å². The van der Waals surface area contributed by atoms with Crippen molar-refractivity contribution >= 4 is 32.6 Å². The second-order valence-electron chi connectivity index (χ2n) is 7.21. The first-order chi connectivity index (χ1) is 13.2. The summed E-state index contributed by atoms with van der Waals surface area (Å²) < 4.78 is 6.50. The third-order valence-electron chi connectivity index (χ3n) is 5.52. The van der Waals surface area contributed by atoms with Gasteiger partial charge in [-0.25, -0.2) is 4.98 Å². The minimum Gasteiger partial charge on any atom is -0.497 e. The molecule has 138 valence electrons. The molecule has 1 amide bonds. The van der Waals surface area contributed by atoms with Crippen molar-refractivity contribution in [3.8, 4) is 5.75 Å². The molecule has 1 fully saturated rings. The lowest BCUT2D eigenvalue weighted by Crippen LogP contribution is -2.55. The van der Waals surface area contributed by atoms with Gasteiger partial charge < -0.3 is 14.5 Å². The van der Waals surface area contributed by atoms with Gasteiger partial charge in [0.1, 0.15) is 5.75 Å². The highest BCUT2D eigenvalue weighted by Gasteiger charge is 2.37. The maximum Gasteiger partial charge on any atom is 0.229 e. The second-order valence-corrected chi connectivity index (χ2v) is 8.22. The van der Waals surface area contributed by atoms with Gasteiger partial charge in [-0.05, 0) is 41.8 Å². The first-order valence-electron chi connectivity index (χ1n) is 9.26. The Hall–Kier alpha value is -2.60. The molecule has 3 aromatic rings. The number of carbonyl (C=O) groups excluding carboxylic acids is 1. The number of amides is 1. The minimum absolute atomic E-state index is 0.0804. The number of carbonyl (C=O) groups is 1. The summed E-state index contributed by atoms with van der Waals surface area (Å²) in [5.74, 6) is 1.24. The Balaban J connectivity index is 1.24. The molecule has 0 bridgehead atoms. The Morgan fingerprint density at radius 2 is 2.04 bits per heavy atom. The Morgan fingerprint density at radius 1 is 1.19 bits per heavy atom. The molecule has 27 heavy (non-hydrogen) atoms. The fraction of sp³-hybridized carbons (Fsp3) is 0.333. The molecule has 2 aliphatic rings. The number of methoxy groups -OCH3 is 1. The summed E-state index contributed by atoms with van der Waals surface area (Å²) in [4.78, 5) is 21.8. The quantitative estimate of drug-likeness (QED) is 0.700. The van der Waals surface area contributed by atoms with Crippen LogP contribution in [0.4, 0.5) is 5.13 Å². The molecule has 0 unspecified atom stereocenters. The summed E-state index contributed by atoms with van der Waals surface area (Å²) in [6, 6.07) is 14.3. The molecule has 2 aliphatic heterocycles. The molecule has 2 aromatic carbocycles. The zero-order chi connectivity index (χ0) is 18.4. The van der Waals surface area contributed by atoms with E-state index < -0.39 is 0 Å². The van der Waals surface area contributed by atoms with E-state index in [1.165, 1.54) is 15.8 Å². The zero-order valence-corrected chi connectivity index (χ0v) is 16.0. The molecule has 0 atom stereocenters. The number of benzene rings is 2. The van der Waals surface area contributed by atoms with Gasteiger partial charge in [0.25, 0.3) is 0 Å². The Kier molecular flexibility index (Phi) is 4.01. The van der Waals surface area contributed by atoms with E-state index >= 15 is 0 Å². The summed E-state index contributed by atoms with van der Waals surface area (Å²) in [5, 5.41) is 1.02. The minimum atomic E-state index is 0.0804. The molecule has 0 N–H and O–H groups in total. The van der Waals surface area contributed by atoms with Gasteiger partial charge >= 0.3 is 0 Å². The number of thiazole rings is 1. The molecule has 1 saturated heterocycles. The van der Waals surface area contributed by atoms with Gasteiger partial charge in [-0.15, -0.1) is 0 Å². The lowest BCUT2D eigenvalue weighted by Gasteiger charge is -2.41. The molecular formula is C21H21N3O2S. The molecule has 6 heteroatoms. The number of rotatable bonds is 3. The maximum absolute atomic E-state index is 12.9. The average Bonchev–Trinajstić information content (AvgIpc) is 3.09. The molecule has 0 saturated carbocycles. The van der Waals surface area contributed by atoms with Crippen LogP contribution in [0.2, 0.25) is 0 Å². The topological polar surface area (TPSA) is 45.7 Å². The van der Waals surface area contributed by atoms with Crippen LogP contribution < -0.4 is 9.64 Å². The van der Waals surface area contributed by atoms with Gasteiger partial charge in [0, 0.05) is 26.2 Å². The van der Waals surface area contributed by atoms with Crippen molar-refractivity contribution < 1.29 is 9.53 Å². The van der Waals surface area contributed by atoms with Crippen molar-refractivity contribution in [2.75, 3.05) is 31.6 Å². The van der Waals surface area contributed by atoms with Crippen LogP contribution in [0, 0.1) is 5.92 Å². The highest BCUT2D eigenvalue weighted by Crippen LogP contribution is 2.34. The number of fused-ring (bicyclic) bond motifs is 2. The number of para-hydroxylation sites is 1. The second kappa shape index (κ2) is 6.53. The molecule has 1 aromatic heterocycles. The van der Waals surface area contributed by atoms with Crippen LogP contribution in [0.25, 0.3) is 10.2 Å². The monoisotopic (exact) mass is 379 g/mol. The third-order valence-corrected chi connectivity index (χ3v) is 6.62. The van der Waals surface area contributed by atoms with Gasteiger partial charge in [-0.2, -0.15) is 0 Å². The van der Waals surface area contributed by atoms with Crippen molar-refractivity contribution in [3.05, 3.63) is 53.6 Å². The smallest absolute Gasteiger partial charge is 0.229 e. The molecule has 0 spiro atoms. The van der Waals surface area contributed by atoms with Crippen molar-refractivity contribution in [2.45, 2.75) is 13.0 Å². The third kappa shape index (κ3) is 2.94. The van der Waals surface area contributed by atoms with Crippen molar-refractivity contribution in [2.24, 2.45) is 5.92 Å². The van der Waals surface area contributed by atoms with Crippen molar-refractivity contribution in [1.82, 2.24) is 9.88 Å². The molecule has 0 aliphatic carbocycles. The van der Waals surface area contributed by atoms with Gasteiger partial charge in [0.05, 0.1) is 23.2 Å². The van der Waals surface area contributed by atoms with E-state index in [4.69, 9.17) is 9.72 Å². The van der Waals surface area contributed by atoms with Gasteiger partial charge in [-0.1, -0.05) is 29.5 Å². The van der Waals surface area contributed by atoms with Crippen molar-refractivity contribution in [1.29, 1.82) is 0 Å². The van der Waals surface area contributed by atoms with E-state index in [1.54, 1.807) is 18.4 Å². The first kappa shape index (κ1) is 16.6. The number of aromatic nitrogens is 1. The Bertz CT molecular complexity index is 977. The van der Waals surface area contributed by atoms with E-state index in [-0.39, 0.29) is 11.8 Å². The SMILES string of the molecule is COc1ccc2c(c1)CCN(C(=O)C1CN(c3nc4ccccc4s3)C1)C2. The fourth-order valence-corrected chi connectivity index (χ4v) is 4.87. The fourth-order valence-electron chi connectivity index (χ4n) is 3.89. The van der Waals surface area contributed by atoms with Crippen LogP contribution in [-0.4, -0.2) is 42.5 Å².